The monoisotopic (exact) mass is 447 g/mol. The predicted octanol–water partition coefficient (Wildman–Crippen LogP) is 6.01. The summed E-state index contributed by atoms with van der Waals surface area (Å²) in [5.41, 5.74) is 4.05. The Morgan fingerprint density at radius 2 is 1.97 bits per heavy atom. The number of ketones is 1. The first-order valence-electron chi connectivity index (χ1n) is 9.77. The molecular weight excluding hydrogens is 429 g/mol. The van der Waals surface area contributed by atoms with Gasteiger partial charge in [-0.3, -0.25) is 10.2 Å². The summed E-state index contributed by atoms with van der Waals surface area (Å²) in [5, 5.41) is 12.2. The molecule has 4 nitrogen and oxygen atoms in total. The zero-order valence-electron chi connectivity index (χ0n) is 16.6. The molecule has 1 aliphatic rings. The van der Waals surface area contributed by atoms with E-state index in [1.54, 1.807) is 18.3 Å². The van der Waals surface area contributed by atoms with Crippen LogP contribution in [-0.2, 0) is 11.3 Å². The first-order chi connectivity index (χ1) is 15.0. The number of nitrogens with one attached hydrogen (secondary N) is 1. The van der Waals surface area contributed by atoms with Crippen LogP contribution in [0.5, 0.6) is 0 Å². The molecule has 154 valence electrons. The second-order valence-corrected chi connectivity index (χ2v) is 9.38. The number of carbonyl (C=O) groups is 1. The number of aromatic nitrogens is 2. The minimum atomic E-state index is -0.593. The van der Waals surface area contributed by atoms with Gasteiger partial charge < -0.3 is 4.57 Å². The molecule has 0 aliphatic carbocycles. The molecule has 0 bridgehead atoms. The molecule has 7 heteroatoms. The highest BCUT2D eigenvalue weighted by Crippen LogP contribution is 2.42. The number of carbonyl (C=O) groups excluding carboxylic acids is 1. The summed E-state index contributed by atoms with van der Waals surface area (Å²) in [7, 11) is 0. The van der Waals surface area contributed by atoms with E-state index >= 15 is 0 Å². The molecule has 1 atom stereocenters. The summed E-state index contributed by atoms with van der Waals surface area (Å²) in [4.78, 5) is 17.9. The molecular formula is C24H18FN3OS2. The lowest BCUT2D eigenvalue weighted by atomic mass is 10.0. The third-order valence-corrected chi connectivity index (χ3v) is 7.33. The summed E-state index contributed by atoms with van der Waals surface area (Å²) in [6.07, 6.45) is 3.58. The normalized spacial score (nSPS) is 17.9. The topological polar surface area (TPSA) is 58.7 Å². The zero-order chi connectivity index (χ0) is 21.5. The van der Waals surface area contributed by atoms with Gasteiger partial charge in [0.25, 0.3) is 0 Å². The number of hydrogen-bond donors (Lipinski definition) is 1. The van der Waals surface area contributed by atoms with Crippen LogP contribution in [0.2, 0.25) is 0 Å². The lowest BCUT2D eigenvalue weighted by molar-refractivity contribution is -0.114. The van der Waals surface area contributed by atoms with Crippen molar-refractivity contribution in [3.8, 4) is 0 Å². The molecule has 0 saturated carbocycles. The van der Waals surface area contributed by atoms with E-state index < -0.39 is 5.92 Å². The van der Waals surface area contributed by atoms with Crippen molar-refractivity contribution in [3.63, 3.8) is 0 Å². The molecule has 5 rings (SSSR count). The van der Waals surface area contributed by atoms with Crippen molar-refractivity contribution >= 4 is 50.9 Å². The summed E-state index contributed by atoms with van der Waals surface area (Å²) in [6, 6.07) is 14.6. The van der Waals surface area contributed by atoms with Crippen LogP contribution in [-0.4, -0.2) is 20.4 Å². The van der Waals surface area contributed by atoms with E-state index in [2.05, 4.69) is 15.6 Å². The van der Waals surface area contributed by atoms with Crippen LogP contribution < -0.4 is 0 Å². The summed E-state index contributed by atoms with van der Waals surface area (Å²) < 4.78 is 15.5. The van der Waals surface area contributed by atoms with Crippen molar-refractivity contribution in [3.05, 3.63) is 92.7 Å². The van der Waals surface area contributed by atoms with Gasteiger partial charge in [0.1, 0.15) is 16.7 Å². The molecule has 0 amide bonds. The minimum Gasteiger partial charge on any atom is -0.340 e. The Balaban J connectivity index is 1.58. The van der Waals surface area contributed by atoms with Gasteiger partial charge in [-0.05, 0) is 36.8 Å². The first kappa shape index (κ1) is 19.9. The van der Waals surface area contributed by atoms with E-state index in [4.69, 9.17) is 5.41 Å². The van der Waals surface area contributed by atoms with Gasteiger partial charge in [-0.2, -0.15) is 0 Å². The molecule has 2 aromatic heterocycles. The van der Waals surface area contributed by atoms with E-state index in [9.17, 15) is 9.18 Å². The molecule has 3 heterocycles. The third-order valence-electron chi connectivity index (χ3n) is 5.49. The standard InChI is InChI=1S/C24H18FN3OS2/c1-14-18(12-20-22(29)21(23(26)31-20)24-27-10-11-30-24)17-4-2-3-5-19(17)28(14)13-15-6-8-16(25)9-7-15/h2-12,21,26H,13H2,1H3/b20-12-,26-23?/t21-/m0/s1. The van der Waals surface area contributed by atoms with Crippen molar-refractivity contribution in [2.24, 2.45) is 0 Å². The number of thioether (sulfide) groups is 1. The number of rotatable bonds is 4. The van der Waals surface area contributed by atoms with E-state index in [1.807, 2.05) is 36.6 Å². The fourth-order valence-corrected chi connectivity index (χ4v) is 5.73. The number of fused-ring (bicyclic) bond motifs is 1. The average molecular weight is 448 g/mol. The quantitative estimate of drug-likeness (QED) is 0.390. The van der Waals surface area contributed by atoms with Crippen molar-refractivity contribution in [1.29, 1.82) is 5.41 Å². The van der Waals surface area contributed by atoms with Gasteiger partial charge in [0.05, 0.1) is 9.95 Å². The van der Waals surface area contributed by atoms with Crippen molar-refractivity contribution < 1.29 is 9.18 Å². The van der Waals surface area contributed by atoms with Gasteiger partial charge in [-0.15, -0.1) is 11.3 Å². The number of allylic oxidation sites excluding steroid dienone is 1. The second kappa shape index (κ2) is 7.90. The third kappa shape index (κ3) is 3.54. The molecule has 1 saturated heterocycles. The number of halogens is 1. The van der Waals surface area contributed by atoms with E-state index in [0.29, 0.717) is 21.5 Å². The average Bonchev–Trinajstić information content (AvgIpc) is 3.44. The van der Waals surface area contributed by atoms with E-state index in [1.165, 1.54) is 35.2 Å². The molecule has 1 fully saturated rings. The van der Waals surface area contributed by atoms with Gasteiger partial charge in [0, 0.05) is 40.3 Å². The highest BCUT2D eigenvalue weighted by atomic mass is 32.2. The van der Waals surface area contributed by atoms with Gasteiger partial charge in [0.2, 0.25) is 0 Å². The number of hydrogen-bond acceptors (Lipinski definition) is 5. The van der Waals surface area contributed by atoms with Gasteiger partial charge in [0.15, 0.2) is 5.78 Å². The maximum absolute atomic E-state index is 13.3. The first-order valence-corrected chi connectivity index (χ1v) is 11.5. The molecule has 2 aromatic carbocycles. The molecule has 0 radical (unpaired) electrons. The fraction of sp³-hybridized carbons (Fsp3) is 0.125. The number of benzene rings is 2. The predicted molar refractivity (Wildman–Crippen MR) is 125 cm³/mol. The maximum atomic E-state index is 13.3. The molecule has 1 N–H and O–H groups in total. The number of thiazole rings is 1. The van der Waals surface area contributed by atoms with Crippen LogP contribution in [0.4, 0.5) is 4.39 Å². The SMILES string of the molecule is Cc1c(/C=C2\SC(=N)[C@@H](c3nccs3)C2=O)c2ccccc2n1Cc1ccc(F)cc1. The zero-order valence-corrected chi connectivity index (χ0v) is 18.3. The summed E-state index contributed by atoms with van der Waals surface area (Å²) >= 11 is 2.62. The Hall–Kier alpha value is -3.03. The second-order valence-electron chi connectivity index (χ2n) is 7.37. The van der Waals surface area contributed by atoms with E-state index in [-0.39, 0.29) is 11.6 Å². The smallest absolute Gasteiger partial charge is 0.186 e. The number of nitrogens with zero attached hydrogens (tertiary/aromatic N) is 2. The molecule has 0 spiro atoms. The maximum Gasteiger partial charge on any atom is 0.186 e. The van der Waals surface area contributed by atoms with Crippen LogP contribution in [0.15, 0.2) is 65.0 Å². The molecule has 0 unspecified atom stereocenters. The number of para-hydroxylation sites is 1. The molecule has 1 aliphatic heterocycles. The highest BCUT2D eigenvalue weighted by Gasteiger charge is 2.38. The lowest BCUT2D eigenvalue weighted by Crippen LogP contribution is -2.11. The Bertz CT molecular complexity index is 1340. The van der Waals surface area contributed by atoms with Gasteiger partial charge in [-0.25, -0.2) is 9.37 Å². The number of Topliss-reactive ketones (excluding diaryl/α,β-unsaturated/α-hetero) is 1. The van der Waals surface area contributed by atoms with E-state index in [0.717, 1.165) is 27.7 Å². The van der Waals surface area contributed by atoms with Crippen LogP contribution in [0.1, 0.15) is 27.7 Å². The summed E-state index contributed by atoms with van der Waals surface area (Å²) in [5.74, 6) is -0.916. The summed E-state index contributed by atoms with van der Waals surface area (Å²) in [6.45, 7) is 2.64. The van der Waals surface area contributed by atoms with Crippen molar-refractivity contribution in [1.82, 2.24) is 9.55 Å². The minimum absolute atomic E-state index is 0.0697. The molecule has 4 aromatic rings. The van der Waals surface area contributed by atoms with Gasteiger partial charge in [-0.1, -0.05) is 42.1 Å². The Morgan fingerprint density at radius 3 is 2.71 bits per heavy atom. The van der Waals surface area contributed by atoms with Crippen LogP contribution >= 0.6 is 23.1 Å². The Morgan fingerprint density at radius 1 is 1.19 bits per heavy atom. The largest absolute Gasteiger partial charge is 0.340 e. The highest BCUT2D eigenvalue weighted by molar-refractivity contribution is 8.19. The van der Waals surface area contributed by atoms with Crippen LogP contribution in [0, 0.1) is 18.2 Å². The van der Waals surface area contributed by atoms with Crippen molar-refractivity contribution in [2.45, 2.75) is 19.4 Å². The van der Waals surface area contributed by atoms with Crippen molar-refractivity contribution in [2.75, 3.05) is 0 Å². The van der Waals surface area contributed by atoms with Gasteiger partial charge >= 0.3 is 0 Å². The lowest BCUT2D eigenvalue weighted by Gasteiger charge is -2.09. The fourth-order valence-electron chi connectivity index (χ4n) is 3.94. The molecule has 31 heavy (non-hydrogen) atoms. The van der Waals surface area contributed by atoms with Crippen LogP contribution in [0.3, 0.4) is 0 Å². The van der Waals surface area contributed by atoms with Crippen LogP contribution in [0.25, 0.3) is 17.0 Å². The Labute approximate surface area is 187 Å². The Kier molecular flexibility index (Phi) is 5.08.